The molecule has 1 aromatic carbocycles. The minimum absolute atomic E-state index is 0.0186. The molecule has 0 amide bonds. The number of sulfonamides is 1. The van der Waals surface area contributed by atoms with Crippen molar-refractivity contribution in [2.24, 2.45) is 17.8 Å². The summed E-state index contributed by atoms with van der Waals surface area (Å²) in [4.78, 5) is 0.190. The number of para-hydroxylation sites is 1. The Morgan fingerprint density at radius 3 is 2.60 bits per heavy atom. The SMILES string of the molecule is CC(NS(=O)(=O)c1ccccc1N)C1CC2CCC1C2. The summed E-state index contributed by atoms with van der Waals surface area (Å²) in [6.07, 6.45) is 5.03. The Labute approximate surface area is 120 Å². The van der Waals surface area contributed by atoms with Gasteiger partial charge in [-0.2, -0.15) is 0 Å². The largest absolute Gasteiger partial charge is 0.398 e. The van der Waals surface area contributed by atoms with Gasteiger partial charge in [-0.3, -0.25) is 0 Å². The van der Waals surface area contributed by atoms with E-state index in [1.54, 1.807) is 24.3 Å². The van der Waals surface area contributed by atoms with Crippen molar-refractivity contribution in [1.82, 2.24) is 4.72 Å². The van der Waals surface area contributed by atoms with Gasteiger partial charge in [0.05, 0.1) is 5.69 Å². The van der Waals surface area contributed by atoms with Crippen molar-refractivity contribution in [2.45, 2.75) is 43.5 Å². The molecule has 2 fully saturated rings. The predicted octanol–water partition coefficient (Wildman–Crippen LogP) is 2.37. The Morgan fingerprint density at radius 1 is 1.25 bits per heavy atom. The van der Waals surface area contributed by atoms with Crippen LogP contribution in [0.25, 0.3) is 0 Å². The van der Waals surface area contributed by atoms with Crippen molar-refractivity contribution < 1.29 is 8.42 Å². The van der Waals surface area contributed by atoms with Crippen LogP contribution in [-0.4, -0.2) is 14.5 Å². The average Bonchev–Trinajstić information content (AvgIpc) is 3.00. The smallest absolute Gasteiger partial charge is 0.242 e. The highest BCUT2D eigenvalue weighted by atomic mass is 32.2. The van der Waals surface area contributed by atoms with Gasteiger partial charge in [0, 0.05) is 6.04 Å². The molecule has 0 aliphatic heterocycles. The molecular formula is C15H22N2O2S. The van der Waals surface area contributed by atoms with E-state index in [9.17, 15) is 8.42 Å². The Kier molecular flexibility index (Phi) is 3.50. The third-order valence-corrected chi connectivity index (χ3v) is 6.62. The van der Waals surface area contributed by atoms with E-state index in [0.717, 1.165) is 5.92 Å². The zero-order valence-corrected chi connectivity index (χ0v) is 12.6. The highest BCUT2D eigenvalue weighted by Gasteiger charge is 2.42. The molecular weight excluding hydrogens is 272 g/mol. The van der Waals surface area contributed by atoms with Crippen LogP contribution in [0.2, 0.25) is 0 Å². The molecule has 2 aliphatic rings. The number of hydrogen-bond acceptors (Lipinski definition) is 3. The first-order valence-corrected chi connectivity index (χ1v) is 8.82. The third kappa shape index (κ3) is 2.44. The fourth-order valence-corrected chi connectivity index (χ4v) is 5.45. The minimum atomic E-state index is -3.52. The maximum atomic E-state index is 12.4. The fourth-order valence-electron chi connectivity index (χ4n) is 4.03. The van der Waals surface area contributed by atoms with Crippen LogP contribution in [0.1, 0.15) is 32.6 Å². The molecule has 0 radical (unpaired) electrons. The van der Waals surface area contributed by atoms with Crippen molar-refractivity contribution in [3.8, 4) is 0 Å². The molecule has 5 heteroatoms. The van der Waals surface area contributed by atoms with Crippen LogP contribution in [0.5, 0.6) is 0 Å². The summed E-state index contributed by atoms with van der Waals surface area (Å²) >= 11 is 0. The molecule has 0 heterocycles. The topological polar surface area (TPSA) is 72.2 Å². The first-order valence-electron chi connectivity index (χ1n) is 7.34. The van der Waals surface area contributed by atoms with Gasteiger partial charge in [0.15, 0.2) is 0 Å². The van der Waals surface area contributed by atoms with Crippen molar-refractivity contribution in [1.29, 1.82) is 0 Å². The molecule has 20 heavy (non-hydrogen) atoms. The molecule has 1 aromatic rings. The Bertz CT molecular complexity index is 600. The van der Waals surface area contributed by atoms with Crippen LogP contribution >= 0.6 is 0 Å². The van der Waals surface area contributed by atoms with E-state index in [-0.39, 0.29) is 10.9 Å². The molecule has 4 atom stereocenters. The molecule has 3 N–H and O–H groups in total. The summed E-state index contributed by atoms with van der Waals surface area (Å²) < 4.78 is 27.7. The third-order valence-electron chi connectivity index (χ3n) is 4.98. The van der Waals surface area contributed by atoms with Crippen LogP contribution in [0.4, 0.5) is 5.69 Å². The number of fused-ring (bicyclic) bond motifs is 2. The average molecular weight is 294 g/mol. The summed E-state index contributed by atoms with van der Waals surface area (Å²) in [6, 6.07) is 6.61. The van der Waals surface area contributed by atoms with Gasteiger partial charge in [0.2, 0.25) is 10.0 Å². The van der Waals surface area contributed by atoms with Crippen molar-refractivity contribution in [3.63, 3.8) is 0 Å². The number of nitrogens with two attached hydrogens (primary N) is 1. The van der Waals surface area contributed by atoms with Gasteiger partial charge < -0.3 is 5.73 Å². The molecule has 3 rings (SSSR count). The van der Waals surface area contributed by atoms with E-state index in [4.69, 9.17) is 5.73 Å². The quantitative estimate of drug-likeness (QED) is 0.837. The van der Waals surface area contributed by atoms with Gasteiger partial charge in [0.1, 0.15) is 4.90 Å². The number of rotatable bonds is 4. The highest BCUT2D eigenvalue weighted by molar-refractivity contribution is 7.89. The lowest BCUT2D eigenvalue weighted by molar-refractivity contribution is 0.280. The van der Waals surface area contributed by atoms with Crippen LogP contribution in [0, 0.1) is 17.8 Å². The second-order valence-electron chi connectivity index (χ2n) is 6.29. The van der Waals surface area contributed by atoms with E-state index in [0.29, 0.717) is 17.5 Å². The molecule has 0 saturated heterocycles. The lowest BCUT2D eigenvalue weighted by Gasteiger charge is -2.28. The monoisotopic (exact) mass is 294 g/mol. The standard InChI is InChI=1S/C15H22N2O2S/c1-10(13-9-11-6-7-12(13)8-11)17-20(18,19)15-5-3-2-4-14(15)16/h2-5,10-13,17H,6-9,16H2,1H3. The zero-order valence-electron chi connectivity index (χ0n) is 11.7. The van der Waals surface area contributed by atoms with Gasteiger partial charge in [-0.1, -0.05) is 18.6 Å². The van der Waals surface area contributed by atoms with Crippen LogP contribution in [0.15, 0.2) is 29.2 Å². The van der Waals surface area contributed by atoms with Gasteiger partial charge in [-0.05, 0) is 56.1 Å². The van der Waals surface area contributed by atoms with Crippen LogP contribution < -0.4 is 10.5 Å². The van der Waals surface area contributed by atoms with Crippen molar-refractivity contribution in [3.05, 3.63) is 24.3 Å². The number of nitrogens with one attached hydrogen (secondary N) is 1. The molecule has 2 bridgehead atoms. The molecule has 0 aromatic heterocycles. The summed E-state index contributed by atoms with van der Waals surface area (Å²) in [5, 5.41) is 0. The Hall–Kier alpha value is -1.07. The van der Waals surface area contributed by atoms with Gasteiger partial charge in [0.25, 0.3) is 0 Å². The summed E-state index contributed by atoms with van der Waals surface area (Å²) in [7, 11) is -3.52. The number of nitrogen functional groups attached to an aromatic ring is 1. The zero-order chi connectivity index (χ0) is 14.3. The molecule has 4 unspecified atom stereocenters. The Morgan fingerprint density at radius 2 is 2.00 bits per heavy atom. The number of benzene rings is 1. The molecule has 110 valence electrons. The van der Waals surface area contributed by atoms with E-state index in [1.807, 2.05) is 6.92 Å². The first-order chi connectivity index (χ1) is 9.47. The van der Waals surface area contributed by atoms with E-state index >= 15 is 0 Å². The fraction of sp³-hybridized carbons (Fsp3) is 0.600. The van der Waals surface area contributed by atoms with Crippen LogP contribution in [-0.2, 0) is 10.0 Å². The van der Waals surface area contributed by atoms with E-state index in [1.165, 1.54) is 25.7 Å². The normalized spacial score (nSPS) is 30.6. The van der Waals surface area contributed by atoms with E-state index in [2.05, 4.69) is 4.72 Å². The second kappa shape index (κ2) is 5.04. The van der Waals surface area contributed by atoms with Gasteiger partial charge >= 0.3 is 0 Å². The second-order valence-corrected chi connectivity index (χ2v) is 7.97. The molecule has 2 aliphatic carbocycles. The maximum absolute atomic E-state index is 12.4. The van der Waals surface area contributed by atoms with E-state index < -0.39 is 10.0 Å². The van der Waals surface area contributed by atoms with Crippen molar-refractivity contribution >= 4 is 15.7 Å². The number of anilines is 1. The summed E-state index contributed by atoms with van der Waals surface area (Å²) in [6.45, 7) is 1.99. The van der Waals surface area contributed by atoms with Crippen molar-refractivity contribution in [2.75, 3.05) is 5.73 Å². The first kappa shape index (κ1) is 13.9. The predicted molar refractivity (Wildman–Crippen MR) is 79.6 cm³/mol. The summed E-state index contributed by atoms with van der Waals surface area (Å²) in [5.74, 6) is 2.00. The summed E-state index contributed by atoms with van der Waals surface area (Å²) in [5.41, 5.74) is 6.08. The maximum Gasteiger partial charge on any atom is 0.242 e. The molecule has 4 nitrogen and oxygen atoms in total. The van der Waals surface area contributed by atoms with Gasteiger partial charge in [-0.25, -0.2) is 13.1 Å². The number of hydrogen-bond donors (Lipinski definition) is 2. The lowest BCUT2D eigenvalue weighted by Crippen LogP contribution is -2.40. The highest BCUT2D eigenvalue weighted by Crippen LogP contribution is 2.49. The van der Waals surface area contributed by atoms with Gasteiger partial charge in [-0.15, -0.1) is 0 Å². The minimum Gasteiger partial charge on any atom is -0.398 e. The Balaban J connectivity index is 1.75. The molecule has 0 spiro atoms. The lowest BCUT2D eigenvalue weighted by atomic mass is 9.84. The van der Waals surface area contributed by atoms with Crippen LogP contribution in [0.3, 0.4) is 0 Å². The molecule has 2 saturated carbocycles.